The molecule has 3 nitrogen and oxygen atoms in total. The maximum absolute atomic E-state index is 11.8. The topological polar surface area (TPSA) is 32.3 Å². The van der Waals surface area contributed by atoms with Gasteiger partial charge in [0.05, 0.1) is 6.04 Å². The van der Waals surface area contributed by atoms with E-state index in [1.54, 1.807) is 0 Å². The van der Waals surface area contributed by atoms with Crippen molar-refractivity contribution >= 4 is 17.7 Å². The van der Waals surface area contributed by atoms with E-state index in [4.69, 9.17) is 0 Å². The van der Waals surface area contributed by atoms with Gasteiger partial charge in [-0.25, -0.2) is 0 Å². The van der Waals surface area contributed by atoms with Crippen molar-refractivity contribution in [3.8, 4) is 0 Å². The maximum Gasteiger partial charge on any atom is 0.239 e. The Labute approximate surface area is 83.2 Å². The third-order valence-electron chi connectivity index (χ3n) is 2.67. The lowest BCUT2D eigenvalue weighted by atomic mass is 10.1. The van der Waals surface area contributed by atoms with Crippen LogP contribution in [0.25, 0.3) is 0 Å². The molecule has 0 aromatic heterocycles. The van der Waals surface area contributed by atoms with Gasteiger partial charge in [0.1, 0.15) is 0 Å². The van der Waals surface area contributed by atoms with Crippen LogP contribution in [0.15, 0.2) is 0 Å². The summed E-state index contributed by atoms with van der Waals surface area (Å²) in [7, 11) is 0. The number of carbonyl (C=O) groups excluding carboxylic acids is 1. The molecule has 0 radical (unpaired) electrons. The van der Waals surface area contributed by atoms with E-state index in [9.17, 15) is 4.79 Å². The fraction of sp³-hybridized carbons (Fsp3) is 0.889. The summed E-state index contributed by atoms with van der Waals surface area (Å²) in [5.41, 5.74) is 0. The predicted octanol–water partition coefficient (Wildman–Crippen LogP) is 0.312. The zero-order valence-corrected chi connectivity index (χ0v) is 8.77. The van der Waals surface area contributed by atoms with Crippen LogP contribution in [0.1, 0.15) is 13.3 Å². The van der Waals surface area contributed by atoms with Crippen molar-refractivity contribution < 1.29 is 4.79 Å². The Kier molecular flexibility index (Phi) is 2.79. The van der Waals surface area contributed by atoms with Crippen LogP contribution in [0.2, 0.25) is 0 Å². The fourth-order valence-electron chi connectivity index (χ4n) is 1.74. The first-order valence-corrected chi connectivity index (χ1v) is 5.96. The summed E-state index contributed by atoms with van der Waals surface area (Å²) in [5.74, 6) is 1.41. The van der Waals surface area contributed by atoms with Crippen LogP contribution in [-0.2, 0) is 4.79 Å². The fourth-order valence-corrected chi connectivity index (χ4v) is 2.75. The van der Waals surface area contributed by atoms with Crippen molar-refractivity contribution in [2.75, 3.05) is 25.4 Å². The van der Waals surface area contributed by atoms with Gasteiger partial charge < -0.3 is 10.2 Å². The molecular weight excluding hydrogens is 184 g/mol. The minimum Gasteiger partial charge on any atom is -0.339 e. The monoisotopic (exact) mass is 200 g/mol. The van der Waals surface area contributed by atoms with Crippen molar-refractivity contribution in [3.63, 3.8) is 0 Å². The minimum atomic E-state index is 0.135. The highest BCUT2D eigenvalue weighted by Crippen LogP contribution is 2.19. The van der Waals surface area contributed by atoms with Gasteiger partial charge in [-0.15, -0.1) is 0 Å². The zero-order valence-electron chi connectivity index (χ0n) is 7.95. The van der Waals surface area contributed by atoms with Gasteiger partial charge in [0, 0.05) is 24.1 Å². The van der Waals surface area contributed by atoms with E-state index >= 15 is 0 Å². The second kappa shape index (κ2) is 3.88. The highest BCUT2D eigenvalue weighted by Gasteiger charge is 2.30. The van der Waals surface area contributed by atoms with Gasteiger partial charge in [0.25, 0.3) is 0 Å². The molecule has 2 aliphatic rings. The van der Waals surface area contributed by atoms with E-state index in [1.807, 2.05) is 16.7 Å². The quantitative estimate of drug-likeness (QED) is 0.661. The van der Waals surface area contributed by atoms with E-state index in [1.165, 1.54) is 0 Å². The SMILES string of the molecule is CC1CN(C(=O)[C@H]2CCN2)CCS1. The smallest absolute Gasteiger partial charge is 0.239 e. The van der Waals surface area contributed by atoms with Crippen LogP contribution < -0.4 is 5.32 Å². The van der Waals surface area contributed by atoms with Gasteiger partial charge in [-0.1, -0.05) is 6.92 Å². The normalized spacial score (nSPS) is 34.1. The third kappa shape index (κ3) is 1.99. The molecule has 2 saturated heterocycles. The lowest BCUT2D eigenvalue weighted by molar-refractivity contribution is -0.135. The molecule has 1 unspecified atom stereocenters. The lowest BCUT2D eigenvalue weighted by Gasteiger charge is -2.36. The molecule has 2 fully saturated rings. The summed E-state index contributed by atoms with van der Waals surface area (Å²) < 4.78 is 0. The van der Waals surface area contributed by atoms with E-state index in [0.717, 1.165) is 31.8 Å². The molecule has 0 aliphatic carbocycles. The van der Waals surface area contributed by atoms with Gasteiger partial charge >= 0.3 is 0 Å². The molecule has 2 atom stereocenters. The van der Waals surface area contributed by atoms with Gasteiger partial charge in [0.15, 0.2) is 0 Å². The van der Waals surface area contributed by atoms with Gasteiger partial charge in [-0.3, -0.25) is 4.79 Å². The van der Waals surface area contributed by atoms with Gasteiger partial charge in [-0.05, 0) is 13.0 Å². The molecule has 0 aromatic rings. The molecule has 2 aliphatic heterocycles. The number of hydrogen-bond donors (Lipinski definition) is 1. The Hall–Kier alpha value is -0.220. The molecule has 2 heterocycles. The number of carbonyl (C=O) groups is 1. The molecule has 1 N–H and O–H groups in total. The van der Waals surface area contributed by atoms with Gasteiger partial charge in [-0.2, -0.15) is 11.8 Å². The van der Waals surface area contributed by atoms with Crippen LogP contribution in [0.4, 0.5) is 0 Å². The van der Waals surface area contributed by atoms with E-state index < -0.39 is 0 Å². The molecule has 0 bridgehead atoms. The standard InChI is InChI=1S/C9H16N2OS/c1-7-6-11(4-5-13-7)9(12)8-2-3-10-8/h7-8,10H,2-6H2,1H3/t7?,8-/m1/s1. The first kappa shape index (κ1) is 9.34. The average Bonchev–Trinajstić information content (AvgIpc) is 2.01. The first-order chi connectivity index (χ1) is 6.27. The number of nitrogens with one attached hydrogen (secondary N) is 1. The Bertz CT molecular complexity index is 206. The Morgan fingerprint density at radius 3 is 2.92 bits per heavy atom. The molecule has 74 valence electrons. The highest BCUT2D eigenvalue weighted by molar-refractivity contribution is 7.99. The number of amides is 1. The Balaban J connectivity index is 1.87. The molecule has 2 rings (SSSR count). The van der Waals surface area contributed by atoms with Crippen LogP contribution >= 0.6 is 11.8 Å². The second-order valence-electron chi connectivity index (χ2n) is 3.76. The molecule has 0 aromatic carbocycles. The van der Waals surface area contributed by atoms with Crippen molar-refractivity contribution in [1.29, 1.82) is 0 Å². The van der Waals surface area contributed by atoms with E-state index in [2.05, 4.69) is 12.2 Å². The molecule has 0 spiro atoms. The van der Waals surface area contributed by atoms with Crippen molar-refractivity contribution in [2.24, 2.45) is 0 Å². The van der Waals surface area contributed by atoms with Crippen molar-refractivity contribution in [3.05, 3.63) is 0 Å². The van der Waals surface area contributed by atoms with Crippen molar-refractivity contribution in [1.82, 2.24) is 10.2 Å². The average molecular weight is 200 g/mol. The maximum atomic E-state index is 11.8. The molecule has 13 heavy (non-hydrogen) atoms. The highest BCUT2D eigenvalue weighted by atomic mass is 32.2. The summed E-state index contributed by atoms with van der Waals surface area (Å²) in [6.07, 6.45) is 1.02. The second-order valence-corrected chi connectivity index (χ2v) is 5.31. The molecular formula is C9H16N2OS. The summed E-state index contributed by atoms with van der Waals surface area (Å²) >= 11 is 1.96. The van der Waals surface area contributed by atoms with Gasteiger partial charge in [0.2, 0.25) is 5.91 Å². The first-order valence-electron chi connectivity index (χ1n) is 4.91. The predicted molar refractivity (Wildman–Crippen MR) is 54.9 cm³/mol. The minimum absolute atomic E-state index is 0.135. The number of nitrogens with zero attached hydrogens (tertiary/aromatic N) is 1. The van der Waals surface area contributed by atoms with Crippen LogP contribution in [0, 0.1) is 0 Å². The number of rotatable bonds is 1. The third-order valence-corrected chi connectivity index (χ3v) is 3.81. The molecule has 0 saturated carbocycles. The van der Waals surface area contributed by atoms with E-state index in [0.29, 0.717) is 11.2 Å². The largest absolute Gasteiger partial charge is 0.339 e. The summed E-state index contributed by atoms with van der Waals surface area (Å²) in [6, 6.07) is 0.135. The Morgan fingerprint density at radius 2 is 2.38 bits per heavy atom. The molecule has 1 amide bonds. The van der Waals surface area contributed by atoms with E-state index in [-0.39, 0.29) is 6.04 Å². The van der Waals surface area contributed by atoms with Crippen LogP contribution in [0.3, 0.4) is 0 Å². The summed E-state index contributed by atoms with van der Waals surface area (Å²) in [4.78, 5) is 13.8. The number of thioether (sulfide) groups is 1. The summed E-state index contributed by atoms with van der Waals surface area (Å²) in [6.45, 7) is 5.07. The lowest BCUT2D eigenvalue weighted by Crippen LogP contribution is -2.56. The molecule has 4 heteroatoms. The number of hydrogen-bond acceptors (Lipinski definition) is 3. The summed E-state index contributed by atoms with van der Waals surface area (Å²) in [5, 5.41) is 3.77. The van der Waals surface area contributed by atoms with Crippen LogP contribution in [-0.4, -0.2) is 47.5 Å². The Morgan fingerprint density at radius 1 is 1.62 bits per heavy atom. The van der Waals surface area contributed by atoms with Crippen LogP contribution in [0.5, 0.6) is 0 Å². The van der Waals surface area contributed by atoms with Crippen molar-refractivity contribution in [2.45, 2.75) is 24.6 Å². The zero-order chi connectivity index (χ0) is 9.26.